The first-order valence-corrected chi connectivity index (χ1v) is 12.2. The molecule has 3 aromatic heterocycles. The molecule has 0 unspecified atom stereocenters. The van der Waals surface area contributed by atoms with Crippen molar-refractivity contribution in [3.8, 4) is 22.3 Å². The van der Waals surface area contributed by atoms with Crippen molar-refractivity contribution in [2.45, 2.75) is 12.8 Å². The minimum absolute atomic E-state index is 0.946. The van der Waals surface area contributed by atoms with Crippen molar-refractivity contribution in [2.75, 3.05) is 0 Å². The molecule has 7 aromatic rings. The van der Waals surface area contributed by atoms with Gasteiger partial charge in [-0.05, 0) is 87.0 Å². The van der Waals surface area contributed by atoms with Gasteiger partial charge in [-0.25, -0.2) is 4.98 Å². The fraction of sp³-hybridized carbons (Fsp3) is 0.0625. The molecular formula is C32H19N3. The maximum atomic E-state index is 5.16. The van der Waals surface area contributed by atoms with Crippen LogP contribution in [0.2, 0.25) is 0 Å². The summed E-state index contributed by atoms with van der Waals surface area (Å²) in [4.78, 5) is 9.63. The first-order valence-electron chi connectivity index (χ1n) is 12.2. The van der Waals surface area contributed by atoms with E-state index in [-0.39, 0.29) is 0 Å². The molecule has 3 nitrogen and oxygen atoms in total. The normalized spacial score (nSPS) is 13.5. The van der Waals surface area contributed by atoms with E-state index in [1.807, 2.05) is 12.4 Å². The number of imidazole rings is 1. The lowest BCUT2D eigenvalue weighted by Gasteiger charge is -2.12. The van der Waals surface area contributed by atoms with E-state index in [2.05, 4.69) is 88.2 Å². The largest absolute Gasteiger partial charge is 0.290 e. The van der Waals surface area contributed by atoms with Crippen molar-refractivity contribution >= 4 is 38.4 Å². The molecule has 2 aliphatic carbocycles. The van der Waals surface area contributed by atoms with Gasteiger partial charge in [0.1, 0.15) is 5.65 Å². The standard InChI is InChI=1S/C32H19N3/c1-2-6-21-18(5-1)13-19-14-20-15-27-22(26(20)16-25(19)21)9-10-24-23-11-12-33-17-30(23)35-29-8-4-3-7-28(29)34-32(35)31(24)27/h1-12,14,16-17H,13,15H2. The van der Waals surface area contributed by atoms with Crippen molar-refractivity contribution in [3.63, 3.8) is 0 Å². The Morgan fingerprint density at radius 3 is 2.49 bits per heavy atom. The molecule has 3 heterocycles. The molecular weight excluding hydrogens is 426 g/mol. The average molecular weight is 446 g/mol. The average Bonchev–Trinajstić information content (AvgIpc) is 3.58. The van der Waals surface area contributed by atoms with Crippen LogP contribution < -0.4 is 0 Å². The summed E-state index contributed by atoms with van der Waals surface area (Å²) >= 11 is 0. The molecule has 0 bridgehead atoms. The van der Waals surface area contributed by atoms with Gasteiger partial charge in [0.05, 0.1) is 22.7 Å². The second kappa shape index (κ2) is 6.13. The van der Waals surface area contributed by atoms with Crippen LogP contribution in [-0.4, -0.2) is 14.4 Å². The van der Waals surface area contributed by atoms with Gasteiger partial charge in [-0.1, -0.05) is 54.6 Å². The third kappa shape index (κ3) is 2.17. The summed E-state index contributed by atoms with van der Waals surface area (Å²) in [5, 5.41) is 3.75. The van der Waals surface area contributed by atoms with Crippen LogP contribution in [0.5, 0.6) is 0 Å². The lowest BCUT2D eigenvalue weighted by Crippen LogP contribution is -1.95. The molecule has 0 aliphatic heterocycles. The maximum Gasteiger partial charge on any atom is 0.146 e. The van der Waals surface area contributed by atoms with Crippen molar-refractivity contribution in [1.29, 1.82) is 0 Å². The highest BCUT2D eigenvalue weighted by molar-refractivity contribution is 6.16. The van der Waals surface area contributed by atoms with Crippen molar-refractivity contribution in [3.05, 3.63) is 114 Å². The number of pyridine rings is 2. The first kappa shape index (κ1) is 17.9. The van der Waals surface area contributed by atoms with E-state index in [0.29, 0.717) is 0 Å². The summed E-state index contributed by atoms with van der Waals surface area (Å²) < 4.78 is 2.31. The van der Waals surface area contributed by atoms with Crippen LogP contribution in [0.1, 0.15) is 22.3 Å². The monoisotopic (exact) mass is 445 g/mol. The molecule has 35 heavy (non-hydrogen) atoms. The molecule has 0 atom stereocenters. The summed E-state index contributed by atoms with van der Waals surface area (Å²) in [7, 11) is 0. The third-order valence-electron chi connectivity index (χ3n) is 8.10. The molecule has 0 fully saturated rings. The van der Waals surface area contributed by atoms with Gasteiger partial charge in [-0.3, -0.25) is 9.38 Å². The molecule has 0 saturated carbocycles. The number of aromatic nitrogens is 3. The van der Waals surface area contributed by atoms with E-state index in [0.717, 1.165) is 35.0 Å². The molecule has 0 N–H and O–H groups in total. The summed E-state index contributed by atoms with van der Waals surface area (Å²) in [6.07, 6.45) is 5.85. The van der Waals surface area contributed by atoms with E-state index in [1.54, 1.807) is 0 Å². The lowest BCUT2D eigenvalue weighted by atomic mass is 9.96. The molecule has 0 amide bonds. The quantitative estimate of drug-likeness (QED) is 0.229. The number of nitrogens with zero attached hydrogens (tertiary/aromatic N) is 3. The molecule has 0 saturated heterocycles. The Morgan fingerprint density at radius 1 is 0.629 bits per heavy atom. The van der Waals surface area contributed by atoms with E-state index in [1.165, 1.54) is 60.7 Å². The molecule has 3 heteroatoms. The zero-order chi connectivity index (χ0) is 22.7. The smallest absolute Gasteiger partial charge is 0.146 e. The number of hydrogen-bond donors (Lipinski definition) is 0. The Kier molecular flexibility index (Phi) is 3.14. The van der Waals surface area contributed by atoms with Crippen LogP contribution in [0.25, 0.3) is 60.6 Å². The summed E-state index contributed by atoms with van der Waals surface area (Å²) in [5.41, 5.74) is 15.5. The van der Waals surface area contributed by atoms with Crippen LogP contribution in [0.4, 0.5) is 0 Å². The van der Waals surface area contributed by atoms with Crippen molar-refractivity contribution in [2.24, 2.45) is 0 Å². The van der Waals surface area contributed by atoms with Crippen LogP contribution in [-0.2, 0) is 12.8 Å². The highest BCUT2D eigenvalue weighted by Crippen LogP contribution is 2.48. The van der Waals surface area contributed by atoms with Crippen LogP contribution in [0.15, 0.2) is 91.3 Å². The van der Waals surface area contributed by atoms with Crippen molar-refractivity contribution < 1.29 is 0 Å². The molecule has 4 aromatic carbocycles. The Morgan fingerprint density at radius 2 is 1.49 bits per heavy atom. The van der Waals surface area contributed by atoms with Gasteiger partial charge in [0, 0.05) is 17.0 Å². The predicted molar refractivity (Wildman–Crippen MR) is 142 cm³/mol. The Hall–Kier alpha value is -4.50. The fourth-order valence-electron chi connectivity index (χ4n) is 6.62. The third-order valence-corrected chi connectivity index (χ3v) is 8.10. The predicted octanol–water partition coefficient (Wildman–Crippen LogP) is 7.33. The van der Waals surface area contributed by atoms with E-state index >= 15 is 0 Å². The molecule has 2 aliphatic rings. The van der Waals surface area contributed by atoms with Gasteiger partial charge < -0.3 is 0 Å². The number of fused-ring (bicyclic) bond motifs is 15. The highest BCUT2D eigenvalue weighted by Gasteiger charge is 2.28. The number of benzene rings is 4. The highest BCUT2D eigenvalue weighted by atomic mass is 15.0. The molecule has 0 radical (unpaired) electrons. The van der Waals surface area contributed by atoms with Gasteiger partial charge in [0.15, 0.2) is 0 Å². The van der Waals surface area contributed by atoms with Gasteiger partial charge >= 0.3 is 0 Å². The summed E-state index contributed by atoms with van der Waals surface area (Å²) in [5.74, 6) is 0. The van der Waals surface area contributed by atoms with Crippen LogP contribution in [0, 0.1) is 0 Å². The Bertz CT molecular complexity index is 2060. The minimum atomic E-state index is 0.946. The zero-order valence-electron chi connectivity index (χ0n) is 18.9. The fourth-order valence-corrected chi connectivity index (χ4v) is 6.62. The molecule has 0 spiro atoms. The van der Waals surface area contributed by atoms with Gasteiger partial charge in [0.2, 0.25) is 0 Å². The number of para-hydroxylation sites is 2. The van der Waals surface area contributed by atoms with Crippen LogP contribution >= 0.6 is 0 Å². The maximum absolute atomic E-state index is 5.16. The lowest BCUT2D eigenvalue weighted by molar-refractivity contribution is 1.22. The second-order valence-corrected chi connectivity index (χ2v) is 9.84. The van der Waals surface area contributed by atoms with Crippen molar-refractivity contribution in [1.82, 2.24) is 14.4 Å². The Labute approximate surface area is 201 Å². The van der Waals surface area contributed by atoms with E-state index in [4.69, 9.17) is 4.98 Å². The van der Waals surface area contributed by atoms with Gasteiger partial charge in [0.25, 0.3) is 0 Å². The summed E-state index contributed by atoms with van der Waals surface area (Å²) in [6, 6.07) is 28.9. The molecule has 9 rings (SSSR count). The molecule has 162 valence electrons. The van der Waals surface area contributed by atoms with Gasteiger partial charge in [-0.2, -0.15) is 0 Å². The first-order chi connectivity index (χ1) is 17.3. The SMILES string of the molecule is c1ccc2c(c1)Cc1cc3c(cc1-2)-c1ccc2c4ccncc4n4c5ccccc5nc4c2c1C3. The number of rotatable bonds is 0. The minimum Gasteiger partial charge on any atom is -0.290 e. The van der Waals surface area contributed by atoms with Gasteiger partial charge in [-0.15, -0.1) is 0 Å². The Balaban J connectivity index is 1.41. The topological polar surface area (TPSA) is 30.2 Å². The van der Waals surface area contributed by atoms with Crippen LogP contribution in [0.3, 0.4) is 0 Å². The second-order valence-electron chi connectivity index (χ2n) is 9.84. The van der Waals surface area contributed by atoms with E-state index in [9.17, 15) is 0 Å². The summed E-state index contributed by atoms with van der Waals surface area (Å²) in [6.45, 7) is 0. The number of hydrogen-bond acceptors (Lipinski definition) is 2. The zero-order valence-corrected chi connectivity index (χ0v) is 18.9. The van der Waals surface area contributed by atoms with E-state index < -0.39 is 0 Å².